The minimum atomic E-state index is 0.0455. The Morgan fingerprint density at radius 3 is 2.59 bits per heavy atom. The van der Waals surface area contributed by atoms with Gasteiger partial charge in [0.2, 0.25) is 0 Å². The first-order valence-electron chi connectivity index (χ1n) is 4.64. The van der Waals surface area contributed by atoms with E-state index in [9.17, 15) is 4.79 Å². The van der Waals surface area contributed by atoms with Gasteiger partial charge in [-0.2, -0.15) is 5.26 Å². The van der Waals surface area contributed by atoms with E-state index in [0.717, 1.165) is 0 Å². The van der Waals surface area contributed by atoms with Crippen LogP contribution in [0.15, 0.2) is 22.2 Å². The Labute approximate surface area is 108 Å². The van der Waals surface area contributed by atoms with Crippen molar-refractivity contribution in [1.82, 2.24) is 0 Å². The molecule has 0 amide bonds. The lowest BCUT2D eigenvalue weighted by Gasteiger charge is -2.10. The van der Waals surface area contributed by atoms with Crippen LogP contribution in [-0.2, 0) is 4.79 Å². The Bertz CT molecular complexity index is 503. The molecule has 0 saturated heterocycles. The monoisotopic (exact) mass is 295 g/mol. The summed E-state index contributed by atoms with van der Waals surface area (Å²) in [5.74, 6) is 1.09. The zero-order chi connectivity index (χ0) is 12.8. The van der Waals surface area contributed by atoms with Crippen molar-refractivity contribution in [2.45, 2.75) is 0 Å². The SMILES string of the molecule is COc1cc(/C=C(\C#N)C=O)cc(Br)c1OC. The van der Waals surface area contributed by atoms with Crippen LogP contribution in [0.4, 0.5) is 0 Å². The van der Waals surface area contributed by atoms with Gasteiger partial charge >= 0.3 is 0 Å². The van der Waals surface area contributed by atoms with Gasteiger partial charge in [0.05, 0.1) is 24.3 Å². The zero-order valence-electron chi connectivity index (χ0n) is 9.36. The van der Waals surface area contributed by atoms with Gasteiger partial charge in [0.15, 0.2) is 17.8 Å². The summed E-state index contributed by atoms with van der Waals surface area (Å²) in [6.07, 6.45) is 1.98. The number of hydrogen-bond acceptors (Lipinski definition) is 4. The highest BCUT2D eigenvalue weighted by atomic mass is 79.9. The molecule has 0 unspecified atom stereocenters. The molecule has 0 aliphatic heterocycles. The van der Waals surface area contributed by atoms with Gasteiger partial charge in [-0.05, 0) is 39.7 Å². The highest BCUT2D eigenvalue weighted by Crippen LogP contribution is 2.36. The van der Waals surface area contributed by atoms with Crippen LogP contribution in [0, 0.1) is 11.3 Å². The zero-order valence-corrected chi connectivity index (χ0v) is 10.9. The third kappa shape index (κ3) is 3.08. The average Bonchev–Trinajstić information content (AvgIpc) is 2.35. The molecule has 0 radical (unpaired) electrons. The Morgan fingerprint density at radius 2 is 2.12 bits per heavy atom. The summed E-state index contributed by atoms with van der Waals surface area (Å²) >= 11 is 3.33. The molecule has 4 nitrogen and oxygen atoms in total. The fourth-order valence-electron chi connectivity index (χ4n) is 1.29. The van der Waals surface area contributed by atoms with Crippen LogP contribution in [-0.4, -0.2) is 20.5 Å². The number of methoxy groups -OCH3 is 2. The predicted molar refractivity (Wildman–Crippen MR) is 66.9 cm³/mol. The van der Waals surface area contributed by atoms with Crippen LogP contribution in [0.3, 0.4) is 0 Å². The van der Waals surface area contributed by atoms with Gasteiger partial charge < -0.3 is 9.47 Å². The highest BCUT2D eigenvalue weighted by Gasteiger charge is 2.09. The molecule has 0 bridgehead atoms. The van der Waals surface area contributed by atoms with E-state index < -0.39 is 0 Å². The molecule has 0 spiro atoms. The number of halogens is 1. The maximum absolute atomic E-state index is 10.5. The standard InChI is InChI=1S/C12H10BrNO3/c1-16-11-5-8(3-9(6-14)7-15)4-10(13)12(11)17-2/h3-5,7H,1-2H3/b9-3+. The fraction of sp³-hybridized carbons (Fsp3) is 0.167. The molecule has 0 saturated carbocycles. The molecule has 0 fully saturated rings. The second-order valence-electron chi connectivity index (χ2n) is 3.07. The minimum absolute atomic E-state index is 0.0455. The Morgan fingerprint density at radius 1 is 1.41 bits per heavy atom. The van der Waals surface area contributed by atoms with Gasteiger partial charge in [-0.3, -0.25) is 4.79 Å². The largest absolute Gasteiger partial charge is 0.493 e. The Kier molecular flexibility index (Phi) is 4.73. The molecule has 0 aliphatic rings. The smallest absolute Gasteiger partial charge is 0.174 e. The summed E-state index contributed by atoms with van der Waals surface area (Å²) < 4.78 is 11.0. The summed E-state index contributed by atoms with van der Waals surface area (Å²) in [4.78, 5) is 10.5. The van der Waals surface area contributed by atoms with Gasteiger partial charge in [-0.25, -0.2) is 0 Å². The first-order chi connectivity index (χ1) is 8.15. The molecule has 88 valence electrons. The third-order valence-electron chi connectivity index (χ3n) is 2.03. The van der Waals surface area contributed by atoms with Crippen molar-refractivity contribution in [2.75, 3.05) is 14.2 Å². The molecule has 1 aromatic carbocycles. The van der Waals surface area contributed by atoms with Crippen molar-refractivity contribution in [2.24, 2.45) is 0 Å². The summed E-state index contributed by atoms with van der Waals surface area (Å²) in [6.45, 7) is 0. The second kappa shape index (κ2) is 6.06. The van der Waals surface area contributed by atoms with Crippen LogP contribution in [0.5, 0.6) is 11.5 Å². The molecule has 0 heterocycles. The number of hydrogen-bond donors (Lipinski definition) is 0. The minimum Gasteiger partial charge on any atom is -0.493 e. The lowest BCUT2D eigenvalue weighted by molar-refractivity contribution is -0.104. The molecule has 0 N–H and O–H groups in total. The van der Waals surface area contributed by atoms with E-state index in [-0.39, 0.29) is 5.57 Å². The second-order valence-corrected chi connectivity index (χ2v) is 3.92. The maximum Gasteiger partial charge on any atom is 0.174 e. The fourth-order valence-corrected chi connectivity index (χ4v) is 1.92. The molecule has 0 aromatic heterocycles. The van der Waals surface area contributed by atoms with Crippen molar-refractivity contribution in [3.63, 3.8) is 0 Å². The van der Waals surface area contributed by atoms with Crippen molar-refractivity contribution in [3.8, 4) is 17.6 Å². The molecule has 1 rings (SSSR count). The summed E-state index contributed by atoms with van der Waals surface area (Å²) in [5.41, 5.74) is 0.724. The number of allylic oxidation sites excluding steroid dienone is 1. The first kappa shape index (κ1) is 13.3. The quantitative estimate of drug-likeness (QED) is 0.487. The van der Waals surface area contributed by atoms with Crippen molar-refractivity contribution in [3.05, 3.63) is 27.7 Å². The topological polar surface area (TPSA) is 59.3 Å². The van der Waals surface area contributed by atoms with Gasteiger partial charge in [-0.15, -0.1) is 0 Å². The molecule has 17 heavy (non-hydrogen) atoms. The number of carbonyl (C=O) groups excluding carboxylic acids is 1. The van der Waals surface area contributed by atoms with Crippen LogP contribution >= 0.6 is 15.9 Å². The number of rotatable bonds is 4. The molecule has 0 aliphatic carbocycles. The predicted octanol–water partition coefficient (Wildman–Crippen LogP) is 2.57. The lowest BCUT2D eigenvalue weighted by Crippen LogP contribution is -1.92. The van der Waals surface area contributed by atoms with E-state index >= 15 is 0 Å². The average molecular weight is 296 g/mol. The van der Waals surface area contributed by atoms with E-state index in [1.54, 1.807) is 18.2 Å². The van der Waals surface area contributed by atoms with Crippen molar-refractivity contribution >= 4 is 28.3 Å². The van der Waals surface area contributed by atoms with E-state index in [1.807, 2.05) is 0 Å². The van der Waals surface area contributed by atoms with Gasteiger partial charge in [0.25, 0.3) is 0 Å². The van der Waals surface area contributed by atoms with Crippen LogP contribution in [0.1, 0.15) is 5.56 Å². The van der Waals surface area contributed by atoms with Crippen LogP contribution in [0.25, 0.3) is 6.08 Å². The van der Waals surface area contributed by atoms with Gasteiger partial charge in [0, 0.05) is 0 Å². The first-order valence-corrected chi connectivity index (χ1v) is 5.44. The van der Waals surface area contributed by atoms with Crippen LogP contribution in [0.2, 0.25) is 0 Å². The van der Waals surface area contributed by atoms with Crippen LogP contribution < -0.4 is 9.47 Å². The van der Waals surface area contributed by atoms with E-state index in [2.05, 4.69) is 15.9 Å². The lowest BCUT2D eigenvalue weighted by atomic mass is 10.1. The highest BCUT2D eigenvalue weighted by molar-refractivity contribution is 9.10. The van der Waals surface area contributed by atoms with E-state index in [1.165, 1.54) is 20.3 Å². The van der Waals surface area contributed by atoms with E-state index in [4.69, 9.17) is 14.7 Å². The molecule has 5 heteroatoms. The van der Waals surface area contributed by atoms with Crippen molar-refractivity contribution < 1.29 is 14.3 Å². The Balaban J connectivity index is 3.30. The number of ether oxygens (including phenoxy) is 2. The Hall–Kier alpha value is -1.80. The maximum atomic E-state index is 10.5. The summed E-state index contributed by atoms with van der Waals surface area (Å²) in [5, 5.41) is 8.67. The molecule has 1 aromatic rings. The number of carbonyl (C=O) groups is 1. The van der Waals surface area contributed by atoms with Gasteiger partial charge in [-0.1, -0.05) is 0 Å². The molecule has 0 atom stereocenters. The van der Waals surface area contributed by atoms with Gasteiger partial charge in [0.1, 0.15) is 6.07 Å². The number of nitrogens with zero attached hydrogens (tertiary/aromatic N) is 1. The molecular formula is C12H10BrNO3. The normalized spacial score (nSPS) is 10.6. The molecular weight excluding hydrogens is 286 g/mol. The number of nitriles is 1. The van der Waals surface area contributed by atoms with Crippen molar-refractivity contribution in [1.29, 1.82) is 5.26 Å². The summed E-state index contributed by atoms with van der Waals surface area (Å²) in [6, 6.07) is 5.21. The number of aldehydes is 1. The number of benzene rings is 1. The summed E-state index contributed by atoms with van der Waals surface area (Å²) in [7, 11) is 3.05. The van der Waals surface area contributed by atoms with E-state index in [0.29, 0.717) is 27.8 Å². The third-order valence-corrected chi connectivity index (χ3v) is 2.62.